The van der Waals surface area contributed by atoms with Gasteiger partial charge in [-0.2, -0.15) is 0 Å². The molecule has 182 valence electrons. The fraction of sp³-hybridized carbons (Fsp3) is 0.345. The molecule has 1 atom stereocenters. The first kappa shape index (κ1) is 24.5. The number of nitrogens with zero attached hydrogens (tertiary/aromatic N) is 2. The van der Waals surface area contributed by atoms with E-state index in [2.05, 4.69) is 12.2 Å². The highest BCUT2D eigenvalue weighted by atomic mass is 16.2. The van der Waals surface area contributed by atoms with E-state index in [9.17, 15) is 14.4 Å². The molecule has 1 heterocycles. The normalized spacial score (nSPS) is 13.2. The molecule has 0 fully saturated rings. The number of aryl methyl sites for hydroxylation is 1. The molecular weight excluding hydrogens is 438 g/mol. The first-order valence-corrected chi connectivity index (χ1v) is 12.4. The second-order valence-electron chi connectivity index (χ2n) is 9.15. The largest absolute Gasteiger partial charge is 0.354 e. The molecule has 0 saturated carbocycles. The van der Waals surface area contributed by atoms with Crippen molar-refractivity contribution in [3.05, 3.63) is 77.4 Å². The van der Waals surface area contributed by atoms with Crippen LogP contribution in [0, 0.1) is 6.92 Å². The predicted octanol–water partition coefficient (Wildman–Crippen LogP) is 4.83. The molecule has 3 aromatic rings. The molecule has 3 aromatic carbocycles. The smallest absolute Gasteiger partial charge is 0.259 e. The summed E-state index contributed by atoms with van der Waals surface area (Å²) in [6.45, 7) is 6.77. The van der Waals surface area contributed by atoms with Gasteiger partial charge in [0.15, 0.2) is 0 Å². The summed E-state index contributed by atoms with van der Waals surface area (Å²) in [6, 6.07) is 18.7. The Morgan fingerprint density at radius 1 is 1.03 bits per heavy atom. The Morgan fingerprint density at radius 3 is 2.49 bits per heavy atom. The van der Waals surface area contributed by atoms with Crippen molar-refractivity contribution in [2.24, 2.45) is 0 Å². The van der Waals surface area contributed by atoms with E-state index in [-0.39, 0.29) is 24.3 Å². The lowest BCUT2D eigenvalue weighted by Gasteiger charge is -2.32. The number of hydrogen-bond donors (Lipinski definition) is 1. The molecule has 1 aliphatic heterocycles. The number of carbonyl (C=O) groups is 3. The van der Waals surface area contributed by atoms with Gasteiger partial charge in [0.05, 0.1) is 5.69 Å². The van der Waals surface area contributed by atoms with Crippen LogP contribution in [0.4, 0.5) is 5.69 Å². The van der Waals surface area contributed by atoms with Crippen LogP contribution in [0.1, 0.15) is 54.6 Å². The zero-order valence-electron chi connectivity index (χ0n) is 20.7. The minimum atomic E-state index is -0.615. The molecule has 1 aliphatic rings. The molecule has 0 aliphatic carbocycles. The first-order chi connectivity index (χ1) is 16.9. The number of unbranched alkanes of at least 4 members (excludes halogenated alkanes) is 1. The van der Waals surface area contributed by atoms with Crippen molar-refractivity contribution in [1.29, 1.82) is 0 Å². The Hall–Kier alpha value is -3.67. The fourth-order valence-corrected chi connectivity index (χ4v) is 4.80. The van der Waals surface area contributed by atoms with Gasteiger partial charge in [0.2, 0.25) is 11.8 Å². The summed E-state index contributed by atoms with van der Waals surface area (Å²) in [6.07, 6.45) is 2.35. The van der Waals surface area contributed by atoms with Crippen LogP contribution in [-0.2, 0) is 16.1 Å². The molecule has 0 aromatic heterocycles. The molecular formula is C29H33N3O3. The van der Waals surface area contributed by atoms with E-state index in [0.717, 1.165) is 40.4 Å². The molecule has 0 radical (unpaired) electrons. The van der Waals surface area contributed by atoms with Crippen LogP contribution in [0.15, 0.2) is 60.7 Å². The van der Waals surface area contributed by atoms with Crippen molar-refractivity contribution in [3.63, 3.8) is 0 Å². The van der Waals surface area contributed by atoms with Crippen molar-refractivity contribution >= 4 is 34.2 Å². The van der Waals surface area contributed by atoms with Gasteiger partial charge in [0, 0.05) is 24.0 Å². The van der Waals surface area contributed by atoms with E-state index in [1.54, 1.807) is 15.9 Å². The second kappa shape index (κ2) is 10.7. The van der Waals surface area contributed by atoms with Crippen LogP contribution in [0.5, 0.6) is 0 Å². The fourth-order valence-electron chi connectivity index (χ4n) is 4.80. The maximum absolute atomic E-state index is 13.8. The van der Waals surface area contributed by atoms with Gasteiger partial charge >= 0.3 is 0 Å². The van der Waals surface area contributed by atoms with Crippen LogP contribution in [0.3, 0.4) is 0 Å². The highest BCUT2D eigenvalue weighted by Gasteiger charge is 2.35. The van der Waals surface area contributed by atoms with E-state index in [1.165, 1.54) is 0 Å². The summed E-state index contributed by atoms with van der Waals surface area (Å²) in [4.78, 5) is 43.3. The van der Waals surface area contributed by atoms with Gasteiger partial charge in [-0.05, 0) is 42.8 Å². The Balaban J connectivity index is 1.62. The van der Waals surface area contributed by atoms with Gasteiger partial charge in [-0.3, -0.25) is 19.3 Å². The number of anilines is 1. The topological polar surface area (TPSA) is 69.7 Å². The molecule has 0 saturated heterocycles. The standard InChI is InChI=1S/C29H33N3O3/c1-4-6-16-30-28(34)24(5-2)31(18-21-11-7-10-20(3)17-21)26(33)19-32-25-15-9-13-22-12-8-14-23(27(22)25)29(32)35/h7-15,17,24H,4-6,16,18-19H2,1-3H3,(H,30,34)/t24-/m1/s1. The monoisotopic (exact) mass is 471 g/mol. The summed E-state index contributed by atoms with van der Waals surface area (Å²) in [5.74, 6) is -0.580. The van der Waals surface area contributed by atoms with E-state index >= 15 is 0 Å². The van der Waals surface area contributed by atoms with Crippen LogP contribution in [-0.4, -0.2) is 41.8 Å². The van der Waals surface area contributed by atoms with Gasteiger partial charge in [-0.15, -0.1) is 0 Å². The minimum absolute atomic E-state index is 0.114. The van der Waals surface area contributed by atoms with Crippen LogP contribution >= 0.6 is 0 Å². The molecule has 0 bridgehead atoms. The first-order valence-electron chi connectivity index (χ1n) is 12.4. The number of carbonyl (C=O) groups excluding carboxylic acids is 3. The Labute approximate surface area is 206 Å². The summed E-state index contributed by atoms with van der Waals surface area (Å²) < 4.78 is 0. The Morgan fingerprint density at radius 2 is 1.77 bits per heavy atom. The molecule has 0 spiro atoms. The molecule has 6 heteroatoms. The average Bonchev–Trinajstić information content (AvgIpc) is 3.12. The van der Waals surface area contributed by atoms with Gasteiger partial charge in [-0.1, -0.05) is 74.4 Å². The third-order valence-corrected chi connectivity index (χ3v) is 6.59. The molecule has 6 nitrogen and oxygen atoms in total. The van der Waals surface area contributed by atoms with E-state index in [0.29, 0.717) is 25.1 Å². The maximum atomic E-state index is 13.8. The van der Waals surface area contributed by atoms with Crippen molar-refractivity contribution < 1.29 is 14.4 Å². The average molecular weight is 472 g/mol. The molecule has 4 rings (SSSR count). The molecule has 0 unspecified atom stereocenters. The van der Waals surface area contributed by atoms with E-state index < -0.39 is 6.04 Å². The third kappa shape index (κ3) is 5.06. The molecule has 35 heavy (non-hydrogen) atoms. The predicted molar refractivity (Wildman–Crippen MR) is 139 cm³/mol. The number of rotatable bonds is 10. The minimum Gasteiger partial charge on any atom is -0.354 e. The zero-order valence-corrected chi connectivity index (χ0v) is 20.7. The van der Waals surface area contributed by atoms with Crippen molar-refractivity contribution in [3.8, 4) is 0 Å². The van der Waals surface area contributed by atoms with Gasteiger partial charge in [0.1, 0.15) is 12.6 Å². The van der Waals surface area contributed by atoms with Crippen molar-refractivity contribution in [2.75, 3.05) is 18.0 Å². The summed E-state index contributed by atoms with van der Waals surface area (Å²) >= 11 is 0. The SMILES string of the molecule is CCCCNC(=O)[C@@H](CC)N(Cc1cccc(C)c1)C(=O)CN1C(=O)c2cccc3cccc1c23. The number of nitrogens with one attached hydrogen (secondary N) is 1. The quantitative estimate of drug-likeness (QED) is 0.431. The molecule has 1 N–H and O–H groups in total. The van der Waals surface area contributed by atoms with Crippen molar-refractivity contribution in [1.82, 2.24) is 10.2 Å². The van der Waals surface area contributed by atoms with Crippen molar-refractivity contribution in [2.45, 2.75) is 52.6 Å². The lowest BCUT2D eigenvalue weighted by Crippen LogP contribution is -2.52. The molecule has 3 amide bonds. The van der Waals surface area contributed by atoms with Crippen LogP contribution < -0.4 is 10.2 Å². The highest BCUT2D eigenvalue weighted by Crippen LogP contribution is 2.37. The second-order valence-corrected chi connectivity index (χ2v) is 9.15. The number of hydrogen-bond acceptors (Lipinski definition) is 3. The number of benzene rings is 3. The van der Waals surface area contributed by atoms with E-state index in [1.807, 2.05) is 68.4 Å². The third-order valence-electron chi connectivity index (χ3n) is 6.59. The highest BCUT2D eigenvalue weighted by molar-refractivity contribution is 6.26. The summed E-state index contributed by atoms with van der Waals surface area (Å²) in [7, 11) is 0. The maximum Gasteiger partial charge on any atom is 0.259 e. The van der Waals surface area contributed by atoms with Crippen LogP contribution in [0.2, 0.25) is 0 Å². The van der Waals surface area contributed by atoms with Crippen LogP contribution in [0.25, 0.3) is 10.8 Å². The lowest BCUT2D eigenvalue weighted by atomic mass is 10.1. The van der Waals surface area contributed by atoms with E-state index in [4.69, 9.17) is 0 Å². The van der Waals surface area contributed by atoms with Gasteiger partial charge < -0.3 is 10.2 Å². The summed E-state index contributed by atoms with van der Waals surface area (Å²) in [5.41, 5.74) is 3.40. The lowest BCUT2D eigenvalue weighted by molar-refractivity contribution is -0.140. The number of amides is 3. The zero-order chi connectivity index (χ0) is 24.9. The Bertz CT molecular complexity index is 1250. The Kier molecular flexibility index (Phi) is 7.49. The van der Waals surface area contributed by atoms with Gasteiger partial charge in [-0.25, -0.2) is 0 Å². The summed E-state index contributed by atoms with van der Waals surface area (Å²) in [5, 5.41) is 4.84. The van der Waals surface area contributed by atoms with Gasteiger partial charge in [0.25, 0.3) is 5.91 Å².